The first kappa shape index (κ1) is 20.9. The summed E-state index contributed by atoms with van der Waals surface area (Å²) in [5.41, 5.74) is 0. The molecule has 0 spiro atoms. The number of carbonyl (C=O) groups is 1. The van der Waals surface area contributed by atoms with Crippen LogP contribution in [0.15, 0.2) is 9.52 Å². The van der Waals surface area contributed by atoms with E-state index in [2.05, 4.69) is 20.4 Å². The summed E-state index contributed by atoms with van der Waals surface area (Å²) in [5, 5.41) is 7.25. The largest absolute Gasteiger partial charge is 0.357 e. The summed E-state index contributed by atoms with van der Waals surface area (Å²) in [6, 6.07) is 0.488. The van der Waals surface area contributed by atoms with Crippen LogP contribution in [0, 0.1) is 0 Å². The van der Waals surface area contributed by atoms with Crippen molar-refractivity contribution in [2.75, 3.05) is 32.7 Å². The summed E-state index contributed by atoms with van der Waals surface area (Å²) >= 11 is 0. The number of aromatic nitrogens is 2. The third kappa shape index (κ3) is 5.31. The fourth-order valence-electron chi connectivity index (χ4n) is 2.93. The van der Waals surface area contributed by atoms with E-state index in [0.29, 0.717) is 31.4 Å². The number of nitrogens with one attached hydrogen (secondary N) is 1. The molecule has 2 heterocycles. The monoisotopic (exact) mass is 476 g/mol. The molecule has 1 saturated heterocycles. The van der Waals surface area contributed by atoms with Gasteiger partial charge in [-0.05, 0) is 19.8 Å². The molecule has 2 fully saturated rings. The summed E-state index contributed by atoms with van der Waals surface area (Å²) < 4.78 is 5.25. The fourth-order valence-corrected chi connectivity index (χ4v) is 2.93. The Hall–Kier alpha value is -1.39. The van der Waals surface area contributed by atoms with Crippen LogP contribution in [0.5, 0.6) is 0 Å². The van der Waals surface area contributed by atoms with Crippen molar-refractivity contribution in [3.05, 3.63) is 11.7 Å². The predicted molar refractivity (Wildman–Crippen MR) is 110 cm³/mol. The van der Waals surface area contributed by atoms with E-state index in [1.54, 1.807) is 0 Å². The van der Waals surface area contributed by atoms with Crippen LogP contribution >= 0.6 is 24.0 Å². The number of hydrogen-bond acceptors (Lipinski definition) is 5. The number of aliphatic imine (C=N–C) groups is 1. The van der Waals surface area contributed by atoms with Gasteiger partial charge in [0.2, 0.25) is 11.8 Å². The highest BCUT2D eigenvalue weighted by Gasteiger charge is 2.36. The fraction of sp³-hybridized carbons (Fsp3) is 0.765. The molecule has 0 aromatic carbocycles. The molecular weight excluding hydrogens is 447 g/mol. The molecule has 1 amide bonds. The number of nitrogens with zero attached hydrogens (tertiary/aromatic N) is 5. The summed E-state index contributed by atoms with van der Waals surface area (Å²) in [6.45, 7) is 9.45. The Balaban J connectivity index is 0.00000243. The van der Waals surface area contributed by atoms with E-state index in [-0.39, 0.29) is 35.8 Å². The lowest BCUT2D eigenvalue weighted by atomic mass is 10.2. The highest BCUT2D eigenvalue weighted by atomic mass is 127. The van der Waals surface area contributed by atoms with E-state index in [4.69, 9.17) is 4.52 Å². The van der Waals surface area contributed by atoms with Crippen LogP contribution in [0.3, 0.4) is 0 Å². The van der Waals surface area contributed by atoms with Gasteiger partial charge >= 0.3 is 0 Å². The maximum Gasteiger partial charge on any atom is 0.242 e. The van der Waals surface area contributed by atoms with Gasteiger partial charge in [0, 0.05) is 38.0 Å². The SMILES string of the molecule is CCNC(=NCCc1nc(C(C)C)no1)N1CCN(C2CC2)C(=O)C1.I. The van der Waals surface area contributed by atoms with Crippen molar-refractivity contribution >= 4 is 35.8 Å². The van der Waals surface area contributed by atoms with Crippen LogP contribution in [-0.4, -0.2) is 70.6 Å². The first-order valence-corrected chi connectivity index (χ1v) is 9.23. The summed E-state index contributed by atoms with van der Waals surface area (Å²) in [4.78, 5) is 25.4. The average Bonchev–Trinajstić information content (AvgIpc) is 3.31. The summed E-state index contributed by atoms with van der Waals surface area (Å²) in [7, 11) is 0. The highest BCUT2D eigenvalue weighted by molar-refractivity contribution is 14.0. The molecule has 0 radical (unpaired) electrons. The molecule has 1 aromatic rings. The van der Waals surface area contributed by atoms with Crippen LogP contribution in [0.2, 0.25) is 0 Å². The minimum atomic E-state index is 0. The molecule has 0 bridgehead atoms. The van der Waals surface area contributed by atoms with Crippen LogP contribution < -0.4 is 5.32 Å². The molecule has 1 aliphatic carbocycles. The molecule has 8 nitrogen and oxygen atoms in total. The van der Waals surface area contributed by atoms with Gasteiger partial charge in [-0.2, -0.15) is 4.98 Å². The van der Waals surface area contributed by atoms with Crippen molar-refractivity contribution in [1.29, 1.82) is 0 Å². The number of rotatable bonds is 6. The van der Waals surface area contributed by atoms with E-state index in [9.17, 15) is 4.79 Å². The third-order valence-electron chi connectivity index (χ3n) is 4.47. The number of hydrogen-bond donors (Lipinski definition) is 1. The van der Waals surface area contributed by atoms with Crippen molar-refractivity contribution < 1.29 is 9.32 Å². The topological polar surface area (TPSA) is 86.9 Å². The number of amides is 1. The normalized spacial score (nSPS) is 18.3. The van der Waals surface area contributed by atoms with E-state index in [1.165, 1.54) is 0 Å². The lowest BCUT2D eigenvalue weighted by Crippen LogP contribution is -2.55. The molecule has 0 unspecified atom stereocenters. The van der Waals surface area contributed by atoms with Crippen molar-refractivity contribution in [2.24, 2.45) is 4.99 Å². The van der Waals surface area contributed by atoms with E-state index in [1.807, 2.05) is 30.6 Å². The average molecular weight is 476 g/mol. The molecule has 3 rings (SSSR count). The number of guanidine groups is 1. The predicted octanol–water partition coefficient (Wildman–Crippen LogP) is 1.63. The standard InChI is InChI=1S/C17H28N6O2.HI/c1-4-18-17(19-8-7-14-20-16(12(2)3)21-25-14)22-9-10-23(13-5-6-13)15(24)11-22;/h12-13H,4-11H2,1-3H3,(H,18,19);1H. The number of piperazine rings is 1. The van der Waals surface area contributed by atoms with Gasteiger partial charge in [-0.15, -0.1) is 24.0 Å². The van der Waals surface area contributed by atoms with E-state index in [0.717, 1.165) is 44.3 Å². The van der Waals surface area contributed by atoms with Crippen molar-refractivity contribution in [2.45, 2.75) is 52.0 Å². The molecule has 1 saturated carbocycles. The lowest BCUT2D eigenvalue weighted by molar-refractivity contribution is -0.135. The lowest BCUT2D eigenvalue weighted by Gasteiger charge is -2.36. The van der Waals surface area contributed by atoms with Crippen LogP contribution in [0.1, 0.15) is 51.2 Å². The zero-order valence-corrected chi connectivity index (χ0v) is 18.1. The minimum absolute atomic E-state index is 0. The Kier molecular flexibility index (Phi) is 7.66. The van der Waals surface area contributed by atoms with Crippen LogP contribution in [0.25, 0.3) is 0 Å². The Labute approximate surface area is 171 Å². The third-order valence-corrected chi connectivity index (χ3v) is 4.47. The number of carbonyl (C=O) groups excluding carboxylic acids is 1. The maximum atomic E-state index is 12.3. The molecule has 2 aliphatic rings. The Morgan fingerprint density at radius 2 is 2.15 bits per heavy atom. The van der Waals surface area contributed by atoms with E-state index >= 15 is 0 Å². The summed E-state index contributed by atoms with van der Waals surface area (Å²) in [5.74, 6) is 2.59. The van der Waals surface area contributed by atoms with Crippen LogP contribution in [-0.2, 0) is 11.2 Å². The molecule has 1 N–H and O–H groups in total. The van der Waals surface area contributed by atoms with Gasteiger partial charge < -0.3 is 19.6 Å². The Bertz CT molecular complexity index is 629. The van der Waals surface area contributed by atoms with Gasteiger partial charge in [-0.3, -0.25) is 9.79 Å². The van der Waals surface area contributed by atoms with Gasteiger partial charge in [0.1, 0.15) is 0 Å². The van der Waals surface area contributed by atoms with Crippen LogP contribution in [0.4, 0.5) is 0 Å². The van der Waals surface area contributed by atoms with Gasteiger partial charge in [0.15, 0.2) is 11.8 Å². The quantitative estimate of drug-likeness (QED) is 0.382. The number of halogens is 1. The second kappa shape index (κ2) is 9.52. The van der Waals surface area contributed by atoms with Gasteiger partial charge in [-0.25, -0.2) is 0 Å². The van der Waals surface area contributed by atoms with E-state index < -0.39 is 0 Å². The molecule has 1 aromatic heterocycles. The molecule has 26 heavy (non-hydrogen) atoms. The first-order valence-electron chi connectivity index (χ1n) is 9.23. The summed E-state index contributed by atoms with van der Waals surface area (Å²) in [6.07, 6.45) is 2.91. The van der Waals surface area contributed by atoms with Crippen molar-refractivity contribution in [1.82, 2.24) is 25.3 Å². The molecule has 146 valence electrons. The van der Waals surface area contributed by atoms with Gasteiger partial charge in [-0.1, -0.05) is 19.0 Å². The Morgan fingerprint density at radius 3 is 2.73 bits per heavy atom. The minimum Gasteiger partial charge on any atom is -0.357 e. The molecule has 0 atom stereocenters. The zero-order valence-electron chi connectivity index (χ0n) is 15.8. The zero-order chi connectivity index (χ0) is 17.8. The Morgan fingerprint density at radius 1 is 1.38 bits per heavy atom. The first-order chi connectivity index (χ1) is 12.1. The van der Waals surface area contributed by atoms with Gasteiger partial charge in [0.25, 0.3) is 0 Å². The van der Waals surface area contributed by atoms with Crippen molar-refractivity contribution in [3.63, 3.8) is 0 Å². The van der Waals surface area contributed by atoms with Crippen molar-refractivity contribution in [3.8, 4) is 0 Å². The molecule has 9 heteroatoms. The highest BCUT2D eigenvalue weighted by Crippen LogP contribution is 2.28. The molecular formula is C17H29IN6O2. The molecule has 1 aliphatic heterocycles. The van der Waals surface area contributed by atoms with Gasteiger partial charge in [0.05, 0.1) is 13.1 Å². The smallest absolute Gasteiger partial charge is 0.242 e. The maximum absolute atomic E-state index is 12.3. The second-order valence-electron chi connectivity index (χ2n) is 6.93. The second-order valence-corrected chi connectivity index (χ2v) is 6.93.